The number of hydrogen-bond acceptors (Lipinski definition) is 3. The molecule has 28 heavy (non-hydrogen) atoms. The topological polar surface area (TPSA) is 45.5 Å². The van der Waals surface area contributed by atoms with E-state index in [2.05, 4.69) is 54.7 Å². The number of rotatable bonds is 7. The van der Waals surface area contributed by atoms with Crippen molar-refractivity contribution in [3.05, 3.63) is 83.1 Å². The molecule has 1 aromatic heterocycles. The zero-order valence-electron chi connectivity index (χ0n) is 16.3. The van der Waals surface area contributed by atoms with Crippen LogP contribution in [0, 0.1) is 6.92 Å². The average molecular weight is 374 g/mol. The molecule has 144 valence electrons. The smallest absolute Gasteiger partial charge is 0.222 e. The van der Waals surface area contributed by atoms with E-state index in [1.54, 1.807) is 0 Å². The minimum atomic E-state index is 0.266. The Morgan fingerprint density at radius 1 is 0.964 bits per heavy atom. The van der Waals surface area contributed by atoms with Gasteiger partial charge in [0.25, 0.3) is 0 Å². The van der Waals surface area contributed by atoms with E-state index in [0.717, 1.165) is 36.6 Å². The highest BCUT2D eigenvalue weighted by Gasteiger charge is 2.20. The summed E-state index contributed by atoms with van der Waals surface area (Å²) in [4.78, 5) is 13.9. The second-order valence-corrected chi connectivity index (χ2v) is 7.42. The summed E-state index contributed by atoms with van der Waals surface area (Å²) in [6.07, 6.45) is 1.66. The molecule has 1 N–H and O–H groups in total. The first kappa shape index (κ1) is 18.5. The zero-order valence-corrected chi connectivity index (χ0v) is 16.3. The normalized spacial score (nSPS) is 14.0. The van der Waals surface area contributed by atoms with Crippen LogP contribution < -0.4 is 5.32 Å². The van der Waals surface area contributed by atoms with Gasteiger partial charge < -0.3 is 14.6 Å². The molecule has 1 aliphatic rings. The highest BCUT2D eigenvalue weighted by molar-refractivity contribution is 5.78. The number of hydrogen-bond donors (Lipinski definition) is 1. The number of carbonyl (C=O) groups excluding carboxylic acids is 1. The molecule has 0 aliphatic carbocycles. The van der Waals surface area contributed by atoms with Gasteiger partial charge in [0.05, 0.1) is 6.54 Å². The van der Waals surface area contributed by atoms with Crippen molar-refractivity contribution in [3.8, 4) is 11.3 Å². The van der Waals surface area contributed by atoms with Crippen LogP contribution in [0.15, 0.2) is 65.1 Å². The minimum absolute atomic E-state index is 0.266. The van der Waals surface area contributed by atoms with Gasteiger partial charge in [-0.15, -0.1) is 0 Å². The molecule has 0 saturated carbocycles. The molecule has 1 aliphatic heterocycles. The predicted molar refractivity (Wildman–Crippen MR) is 111 cm³/mol. The van der Waals surface area contributed by atoms with Crippen molar-refractivity contribution in [1.29, 1.82) is 0 Å². The van der Waals surface area contributed by atoms with Crippen LogP contribution >= 0.6 is 0 Å². The molecule has 4 rings (SSSR count). The van der Waals surface area contributed by atoms with Crippen molar-refractivity contribution in [2.24, 2.45) is 0 Å². The van der Waals surface area contributed by atoms with Crippen molar-refractivity contribution in [2.45, 2.75) is 39.4 Å². The van der Waals surface area contributed by atoms with E-state index in [4.69, 9.17) is 4.42 Å². The summed E-state index contributed by atoms with van der Waals surface area (Å²) in [7, 11) is 0. The molecular weight excluding hydrogens is 348 g/mol. The highest BCUT2D eigenvalue weighted by Crippen LogP contribution is 2.23. The lowest BCUT2D eigenvalue weighted by Gasteiger charge is -2.18. The van der Waals surface area contributed by atoms with E-state index in [0.29, 0.717) is 19.5 Å². The zero-order chi connectivity index (χ0) is 19.3. The van der Waals surface area contributed by atoms with Crippen LogP contribution in [0.2, 0.25) is 0 Å². The van der Waals surface area contributed by atoms with E-state index in [1.807, 2.05) is 23.1 Å². The number of likely N-dealkylation sites (tertiary alicyclic amines) is 1. The number of aryl methyl sites for hydroxylation is 1. The maximum absolute atomic E-state index is 11.9. The van der Waals surface area contributed by atoms with Crippen LogP contribution in [0.3, 0.4) is 0 Å². The van der Waals surface area contributed by atoms with Gasteiger partial charge in [-0.3, -0.25) is 4.79 Å². The van der Waals surface area contributed by atoms with E-state index >= 15 is 0 Å². The summed E-state index contributed by atoms with van der Waals surface area (Å²) >= 11 is 0. The van der Waals surface area contributed by atoms with Gasteiger partial charge in [0, 0.05) is 31.6 Å². The monoisotopic (exact) mass is 374 g/mol. The second kappa shape index (κ2) is 8.44. The molecule has 1 fully saturated rings. The molecule has 4 heteroatoms. The van der Waals surface area contributed by atoms with E-state index < -0.39 is 0 Å². The third-order valence-corrected chi connectivity index (χ3v) is 5.26. The molecule has 1 amide bonds. The SMILES string of the molecule is Cc1ccc(-c2ccc(CNCc3ccccc3CN3CCCC3=O)o2)cc1. The first-order chi connectivity index (χ1) is 13.7. The van der Waals surface area contributed by atoms with Gasteiger partial charge in [0.15, 0.2) is 0 Å². The Labute approximate surface area is 166 Å². The van der Waals surface area contributed by atoms with Crippen molar-refractivity contribution >= 4 is 5.91 Å². The van der Waals surface area contributed by atoms with Crippen molar-refractivity contribution in [2.75, 3.05) is 6.54 Å². The van der Waals surface area contributed by atoms with E-state index in [-0.39, 0.29) is 5.91 Å². The molecule has 0 unspecified atom stereocenters. The summed E-state index contributed by atoms with van der Waals surface area (Å²) in [5.41, 5.74) is 4.78. The van der Waals surface area contributed by atoms with Crippen molar-refractivity contribution in [1.82, 2.24) is 10.2 Å². The molecule has 0 radical (unpaired) electrons. The Morgan fingerprint density at radius 3 is 2.50 bits per heavy atom. The number of nitrogens with one attached hydrogen (secondary N) is 1. The quantitative estimate of drug-likeness (QED) is 0.654. The summed E-state index contributed by atoms with van der Waals surface area (Å²) in [5.74, 6) is 2.08. The summed E-state index contributed by atoms with van der Waals surface area (Å²) in [6.45, 7) is 5.07. The summed E-state index contributed by atoms with van der Waals surface area (Å²) in [6, 6.07) is 20.7. The number of nitrogens with zero attached hydrogens (tertiary/aromatic N) is 1. The van der Waals surface area contributed by atoms with Gasteiger partial charge in [-0.05, 0) is 36.6 Å². The lowest BCUT2D eigenvalue weighted by molar-refractivity contribution is -0.128. The predicted octanol–water partition coefficient (Wildman–Crippen LogP) is 4.67. The van der Waals surface area contributed by atoms with Crippen LogP contribution in [0.5, 0.6) is 0 Å². The fourth-order valence-electron chi connectivity index (χ4n) is 3.63. The fourth-order valence-corrected chi connectivity index (χ4v) is 3.63. The van der Waals surface area contributed by atoms with Gasteiger partial charge >= 0.3 is 0 Å². The molecule has 0 bridgehead atoms. The molecule has 0 spiro atoms. The second-order valence-electron chi connectivity index (χ2n) is 7.42. The Morgan fingerprint density at radius 2 is 1.75 bits per heavy atom. The molecule has 0 atom stereocenters. The van der Waals surface area contributed by atoms with Crippen LogP contribution in [-0.2, 0) is 24.4 Å². The van der Waals surface area contributed by atoms with Gasteiger partial charge in [-0.2, -0.15) is 0 Å². The van der Waals surface area contributed by atoms with Crippen LogP contribution in [-0.4, -0.2) is 17.4 Å². The van der Waals surface area contributed by atoms with Crippen LogP contribution in [0.25, 0.3) is 11.3 Å². The maximum atomic E-state index is 11.9. The van der Waals surface area contributed by atoms with Gasteiger partial charge in [0.1, 0.15) is 11.5 Å². The van der Waals surface area contributed by atoms with E-state index in [1.165, 1.54) is 16.7 Å². The third kappa shape index (κ3) is 4.34. The number of carbonyl (C=O) groups is 1. The molecule has 2 aromatic carbocycles. The van der Waals surface area contributed by atoms with Crippen LogP contribution in [0.1, 0.15) is 35.3 Å². The molecule has 2 heterocycles. The fraction of sp³-hybridized carbons (Fsp3) is 0.292. The van der Waals surface area contributed by atoms with Gasteiger partial charge in [0.2, 0.25) is 5.91 Å². The standard InChI is InChI=1S/C24H26N2O2/c1-18-8-10-19(11-9-18)23-13-12-22(28-23)16-25-15-20-5-2-3-6-21(20)17-26-14-4-7-24(26)27/h2-3,5-6,8-13,25H,4,7,14-17H2,1H3. The third-order valence-electron chi connectivity index (χ3n) is 5.26. The largest absolute Gasteiger partial charge is 0.460 e. The Balaban J connectivity index is 1.35. The molecule has 3 aromatic rings. The molecule has 4 nitrogen and oxygen atoms in total. The first-order valence-electron chi connectivity index (χ1n) is 9.90. The maximum Gasteiger partial charge on any atom is 0.222 e. The average Bonchev–Trinajstić information content (AvgIpc) is 3.33. The Kier molecular flexibility index (Phi) is 5.58. The minimum Gasteiger partial charge on any atom is -0.460 e. The van der Waals surface area contributed by atoms with Crippen molar-refractivity contribution in [3.63, 3.8) is 0 Å². The highest BCUT2D eigenvalue weighted by atomic mass is 16.3. The lowest BCUT2D eigenvalue weighted by atomic mass is 10.1. The number of benzene rings is 2. The number of furan rings is 1. The molecular formula is C24H26N2O2. The summed E-state index contributed by atoms with van der Waals surface area (Å²) in [5, 5.41) is 3.47. The Hall–Kier alpha value is -2.85. The first-order valence-corrected chi connectivity index (χ1v) is 9.90. The van der Waals surface area contributed by atoms with Crippen molar-refractivity contribution < 1.29 is 9.21 Å². The van der Waals surface area contributed by atoms with E-state index in [9.17, 15) is 4.79 Å². The Bertz CT molecular complexity index is 943. The summed E-state index contributed by atoms with van der Waals surface area (Å²) < 4.78 is 5.98. The number of amides is 1. The lowest BCUT2D eigenvalue weighted by Crippen LogP contribution is -2.25. The van der Waals surface area contributed by atoms with Crippen LogP contribution in [0.4, 0.5) is 0 Å². The van der Waals surface area contributed by atoms with Gasteiger partial charge in [-0.1, -0.05) is 54.1 Å². The molecule has 1 saturated heterocycles. The van der Waals surface area contributed by atoms with Gasteiger partial charge in [-0.25, -0.2) is 0 Å².